The van der Waals surface area contributed by atoms with Crippen molar-refractivity contribution in [3.63, 3.8) is 0 Å². The lowest BCUT2D eigenvalue weighted by atomic mass is 10.00. The van der Waals surface area contributed by atoms with Crippen molar-refractivity contribution in [2.24, 2.45) is 5.92 Å². The third-order valence-corrected chi connectivity index (χ3v) is 2.50. The van der Waals surface area contributed by atoms with Crippen LogP contribution < -0.4 is 5.32 Å². The van der Waals surface area contributed by atoms with Gasteiger partial charge < -0.3 is 5.32 Å². The first-order chi connectivity index (χ1) is 7.37. The van der Waals surface area contributed by atoms with Gasteiger partial charge in [-0.25, -0.2) is 0 Å². The van der Waals surface area contributed by atoms with E-state index < -0.39 is 0 Å². The minimum Gasteiger partial charge on any atom is -0.312 e. The highest BCUT2D eigenvalue weighted by atomic mass is 14.9. The number of nitrogens with one attached hydrogen (secondary N) is 1. The van der Waals surface area contributed by atoms with Crippen LogP contribution in [0.4, 0.5) is 0 Å². The van der Waals surface area contributed by atoms with E-state index in [0.29, 0.717) is 5.92 Å². The Kier molecular flexibility index (Phi) is 4.48. The Balaban J connectivity index is 2.43. The summed E-state index contributed by atoms with van der Waals surface area (Å²) in [5.41, 5.74) is 2.79. The molecule has 1 unspecified atom stereocenters. The van der Waals surface area contributed by atoms with E-state index in [1.807, 2.05) is 12.4 Å². The van der Waals surface area contributed by atoms with Gasteiger partial charge in [0.05, 0.1) is 0 Å². The molecule has 0 amide bonds. The smallest absolute Gasteiger partial charge is 0.0300 e. The van der Waals surface area contributed by atoms with Crippen LogP contribution in [0.25, 0.3) is 0 Å². The molecule has 0 aliphatic heterocycles. The SMILES string of the molecule is Cc1cncc(CC(C)CNC(C)(C)C)c1. The highest BCUT2D eigenvalue weighted by molar-refractivity contribution is 5.17. The van der Waals surface area contributed by atoms with Crippen molar-refractivity contribution in [2.45, 2.75) is 46.6 Å². The van der Waals surface area contributed by atoms with E-state index in [2.05, 4.69) is 51.0 Å². The second-order valence-electron chi connectivity index (χ2n) is 5.81. The quantitative estimate of drug-likeness (QED) is 0.844. The molecule has 0 bridgehead atoms. The van der Waals surface area contributed by atoms with Gasteiger partial charge in [0.2, 0.25) is 0 Å². The summed E-state index contributed by atoms with van der Waals surface area (Å²) in [6.45, 7) is 12.0. The van der Waals surface area contributed by atoms with E-state index >= 15 is 0 Å². The molecular formula is C14H24N2. The fourth-order valence-electron chi connectivity index (χ4n) is 1.68. The summed E-state index contributed by atoms with van der Waals surface area (Å²) in [5.74, 6) is 0.642. The van der Waals surface area contributed by atoms with E-state index in [1.165, 1.54) is 11.1 Å². The second kappa shape index (κ2) is 5.44. The van der Waals surface area contributed by atoms with Crippen LogP contribution in [0.5, 0.6) is 0 Å². The summed E-state index contributed by atoms with van der Waals surface area (Å²) >= 11 is 0. The van der Waals surface area contributed by atoms with Crippen molar-refractivity contribution >= 4 is 0 Å². The first kappa shape index (κ1) is 13.2. The van der Waals surface area contributed by atoms with Crippen LogP contribution in [0.15, 0.2) is 18.5 Å². The average Bonchev–Trinajstić information content (AvgIpc) is 2.14. The van der Waals surface area contributed by atoms with Crippen LogP contribution in [0, 0.1) is 12.8 Å². The number of hydrogen-bond donors (Lipinski definition) is 1. The molecule has 90 valence electrons. The maximum absolute atomic E-state index is 4.23. The molecule has 1 aromatic heterocycles. The number of aromatic nitrogens is 1. The highest BCUT2D eigenvalue weighted by Gasteiger charge is 2.11. The van der Waals surface area contributed by atoms with Gasteiger partial charge in [-0.15, -0.1) is 0 Å². The van der Waals surface area contributed by atoms with Crippen molar-refractivity contribution in [2.75, 3.05) is 6.54 Å². The van der Waals surface area contributed by atoms with E-state index in [0.717, 1.165) is 13.0 Å². The van der Waals surface area contributed by atoms with Crippen molar-refractivity contribution in [1.29, 1.82) is 0 Å². The number of rotatable bonds is 4. The number of nitrogens with zero attached hydrogens (tertiary/aromatic N) is 1. The number of pyridine rings is 1. The van der Waals surface area contributed by atoms with Crippen LogP contribution >= 0.6 is 0 Å². The summed E-state index contributed by atoms with van der Waals surface area (Å²) in [4.78, 5) is 4.23. The van der Waals surface area contributed by atoms with E-state index in [1.54, 1.807) is 0 Å². The Morgan fingerprint density at radius 1 is 1.31 bits per heavy atom. The van der Waals surface area contributed by atoms with Gasteiger partial charge in [-0.3, -0.25) is 4.98 Å². The Hall–Kier alpha value is -0.890. The molecular weight excluding hydrogens is 196 g/mol. The summed E-state index contributed by atoms with van der Waals surface area (Å²) < 4.78 is 0. The molecule has 0 saturated heterocycles. The van der Waals surface area contributed by atoms with Crippen LogP contribution in [0.1, 0.15) is 38.8 Å². The molecule has 0 fully saturated rings. The molecule has 1 heterocycles. The first-order valence-electron chi connectivity index (χ1n) is 6.02. The predicted molar refractivity (Wildman–Crippen MR) is 69.6 cm³/mol. The van der Waals surface area contributed by atoms with Gasteiger partial charge in [0.25, 0.3) is 0 Å². The minimum atomic E-state index is 0.207. The summed E-state index contributed by atoms with van der Waals surface area (Å²) in [6.07, 6.45) is 4.97. The normalized spacial score (nSPS) is 13.8. The van der Waals surface area contributed by atoms with Gasteiger partial charge in [-0.2, -0.15) is 0 Å². The molecule has 1 aromatic rings. The number of aryl methyl sites for hydroxylation is 1. The molecule has 2 heteroatoms. The summed E-state index contributed by atoms with van der Waals surface area (Å²) in [6, 6.07) is 2.22. The van der Waals surface area contributed by atoms with Crippen molar-refractivity contribution in [3.05, 3.63) is 29.6 Å². The summed E-state index contributed by atoms with van der Waals surface area (Å²) in [7, 11) is 0. The van der Waals surface area contributed by atoms with Gasteiger partial charge in [0, 0.05) is 17.9 Å². The lowest BCUT2D eigenvalue weighted by Gasteiger charge is -2.23. The summed E-state index contributed by atoms with van der Waals surface area (Å²) in [5, 5.41) is 3.54. The van der Waals surface area contributed by atoms with Gasteiger partial charge >= 0.3 is 0 Å². The van der Waals surface area contributed by atoms with Gasteiger partial charge in [0.15, 0.2) is 0 Å². The average molecular weight is 220 g/mol. The fraction of sp³-hybridized carbons (Fsp3) is 0.643. The fourth-order valence-corrected chi connectivity index (χ4v) is 1.68. The topological polar surface area (TPSA) is 24.9 Å². The predicted octanol–water partition coefficient (Wildman–Crippen LogP) is 2.96. The van der Waals surface area contributed by atoms with Crippen LogP contribution in [0.2, 0.25) is 0 Å². The molecule has 1 rings (SSSR count). The Labute approximate surface area is 99.5 Å². The largest absolute Gasteiger partial charge is 0.312 e. The van der Waals surface area contributed by atoms with Gasteiger partial charge in [-0.05, 0) is 57.7 Å². The standard InChI is InChI=1S/C14H24N2/c1-11-6-13(10-15-8-11)7-12(2)9-16-14(3,4)5/h6,8,10,12,16H,7,9H2,1-5H3. The molecule has 0 aliphatic carbocycles. The Bertz CT molecular complexity index is 326. The monoisotopic (exact) mass is 220 g/mol. The van der Waals surface area contributed by atoms with Crippen molar-refractivity contribution in [1.82, 2.24) is 10.3 Å². The van der Waals surface area contributed by atoms with Gasteiger partial charge in [0.1, 0.15) is 0 Å². The molecule has 16 heavy (non-hydrogen) atoms. The number of hydrogen-bond acceptors (Lipinski definition) is 2. The van der Waals surface area contributed by atoms with Crippen molar-refractivity contribution in [3.8, 4) is 0 Å². The van der Waals surface area contributed by atoms with Crippen molar-refractivity contribution < 1.29 is 0 Å². The van der Waals surface area contributed by atoms with E-state index in [9.17, 15) is 0 Å². The van der Waals surface area contributed by atoms with Crippen LogP contribution in [-0.4, -0.2) is 17.1 Å². The molecule has 2 nitrogen and oxygen atoms in total. The lowest BCUT2D eigenvalue weighted by Crippen LogP contribution is -2.39. The minimum absolute atomic E-state index is 0.207. The van der Waals surface area contributed by atoms with Crippen LogP contribution in [0.3, 0.4) is 0 Å². The zero-order valence-corrected chi connectivity index (χ0v) is 11.2. The molecule has 0 spiro atoms. The third kappa shape index (κ3) is 5.26. The third-order valence-electron chi connectivity index (χ3n) is 2.50. The zero-order valence-electron chi connectivity index (χ0n) is 11.2. The molecule has 0 saturated carbocycles. The highest BCUT2D eigenvalue weighted by Crippen LogP contribution is 2.09. The maximum Gasteiger partial charge on any atom is 0.0300 e. The zero-order chi connectivity index (χ0) is 12.2. The molecule has 0 aromatic carbocycles. The second-order valence-corrected chi connectivity index (χ2v) is 5.81. The van der Waals surface area contributed by atoms with E-state index in [4.69, 9.17) is 0 Å². The molecule has 0 radical (unpaired) electrons. The molecule has 1 atom stereocenters. The Morgan fingerprint density at radius 2 is 2.00 bits per heavy atom. The Morgan fingerprint density at radius 3 is 2.56 bits per heavy atom. The molecule has 1 N–H and O–H groups in total. The molecule has 0 aliphatic rings. The van der Waals surface area contributed by atoms with E-state index in [-0.39, 0.29) is 5.54 Å². The van der Waals surface area contributed by atoms with Gasteiger partial charge in [-0.1, -0.05) is 13.0 Å². The lowest BCUT2D eigenvalue weighted by molar-refractivity contribution is 0.381. The maximum atomic E-state index is 4.23. The van der Waals surface area contributed by atoms with Crippen LogP contribution in [-0.2, 0) is 6.42 Å². The first-order valence-corrected chi connectivity index (χ1v) is 6.02.